The van der Waals surface area contributed by atoms with Gasteiger partial charge in [-0.25, -0.2) is 15.1 Å². The first-order valence-electron chi connectivity index (χ1n) is 6.30. The second-order valence-electron chi connectivity index (χ2n) is 4.73. The normalized spacial score (nSPS) is 17.0. The summed E-state index contributed by atoms with van der Waals surface area (Å²) in [5.41, 5.74) is 3.28. The van der Waals surface area contributed by atoms with Gasteiger partial charge in [0, 0.05) is 15.6 Å². The molecule has 0 amide bonds. The van der Waals surface area contributed by atoms with Crippen LogP contribution in [-0.2, 0) is 4.89 Å². The van der Waals surface area contributed by atoms with Gasteiger partial charge < -0.3 is 5.32 Å². The molecule has 2 N–H and O–H groups in total. The lowest BCUT2D eigenvalue weighted by atomic mass is 10.1. The van der Waals surface area contributed by atoms with Crippen LogP contribution >= 0.6 is 27.5 Å². The highest BCUT2D eigenvalue weighted by molar-refractivity contribution is 9.10. The monoisotopic (exact) mass is 366 g/mol. The highest BCUT2D eigenvalue weighted by Crippen LogP contribution is 2.36. The number of rotatable bonds is 2. The van der Waals surface area contributed by atoms with Gasteiger partial charge in [0.25, 0.3) is 0 Å². The maximum atomic E-state index is 9.12. The molecule has 21 heavy (non-hydrogen) atoms. The molecule has 2 aromatic carbocycles. The molecule has 0 bridgehead atoms. The van der Waals surface area contributed by atoms with Gasteiger partial charge in [-0.1, -0.05) is 45.7 Å². The van der Waals surface area contributed by atoms with Crippen LogP contribution in [0.3, 0.4) is 0 Å². The Labute approximate surface area is 135 Å². The van der Waals surface area contributed by atoms with Crippen molar-refractivity contribution in [3.05, 3.63) is 62.6 Å². The second-order valence-corrected chi connectivity index (χ2v) is 5.99. The number of nitrogens with one attached hydrogen (secondary N) is 1. The van der Waals surface area contributed by atoms with E-state index >= 15 is 0 Å². The van der Waals surface area contributed by atoms with E-state index in [2.05, 4.69) is 31.1 Å². The Morgan fingerprint density at radius 3 is 2.86 bits per heavy atom. The van der Waals surface area contributed by atoms with E-state index in [0.717, 1.165) is 15.6 Å². The first-order valence-corrected chi connectivity index (χ1v) is 7.47. The topological polar surface area (TPSA) is 53.9 Å². The van der Waals surface area contributed by atoms with Gasteiger partial charge in [0.15, 0.2) is 6.23 Å². The van der Waals surface area contributed by atoms with Crippen LogP contribution in [0.25, 0.3) is 0 Å². The van der Waals surface area contributed by atoms with Crippen molar-refractivity contribution in [2.24, 2.45) is 4.99 Å². The van der Waals surface area contributed by atoms with E-state index in [1.165, 1.54) is 0 Å². The molecule has 0 saturated heterocycles. The summed E-state index contributed by atoms with van der Waals surface area (Å²) in [5, 5.41) is 12.7. The summed E-state index contributed by atoms with van der Waals surface area (Å²) in [4.78, 5) is 9.07. The molecule has 0 radical (unpaired) electrons. The molecule has 1 heterocycles. The fraction of sp³-hybridized carbons (Fsp3) is 0.133. The number of aliphatic imine (C=N–C) groups is 1. The van der Waals surface area contributed by atoms with E-state index in [1.54, 1.807) is 12.1 Å². The molecule has 2 aromatic rings. The van der Waals surface area contributed by atoms with Crippen molar-refractivity contribution < 1.29 is 10.1 Å². The molecule has 0 saturated carbocycles. The molecule has 1 aliphatic heterocycles. The molecule has 3 rings (SSSR count). The molecule has 0 spiro atoms. The van der Waals surface area contributed by atoms with Crippen molar-refractivity contribution in [2.45, 2.75) is 13.2 Å². The summed E-state index contributed by atoms with van der Waals surface area (Å²) >= 11 is 9.66. The van der Waals surface area contributed by atoms with Crippen molar-refractivity contribution in [3.63, 3.8) is 0 Å². The van der Waals surface area contributed by atoms with Crippen LogP contribution < -0.4 is 5.32 Å². The Kier molecular flexibility index (Phi) is 3.99. The summed E-state index contributed by atoms with van der Waals surface area (Å²) in [5.74, 6) is 0.602. The second kappa shape index (κ2) is 5.77. The van der Waals surface area contributed by atoms with Crippen LogP contribution in [0, 0.1) is 6.92 Å². The fourth-order valence-electron chi connectivity index (χ4n) is 2.23. The lowest BCUT2D eigenvalue weighted by Crippen LogP contribution is -2.33. The lowest BCUT2D eigenvalue weighted by Gasteiger charge is -2.25. The molecule has 4 nitrogen and oxygen atoms in total. The lowest BCUT2D eigenvalue weighted by molar-refractivity contribution is -0.285. The fourth-order valence-corrected chi connectivity index (χ4v) is 2.70. The van der Waals surface area contributed by atoms with Crippen LogP contribution in [0.4, 0.5) is 5.69 Å². The number of para-hydroxylation sites is 1. The molecular weight excluding hydrogens is 356 g/mol. The zero-order valence-corrected chi connectivity index (χ0v) is 13.4. The number of hydrogen-bond donors (Lipinski definition) is 2. The van der Waals surface area contributed by atoms with Gasteiger partial charge in [0.05, 0.1) is 10.7 Å². The van der Waals surface area contributed by atoms with Gasteiger partial charge >= 0.3 is 0 Å². The van der Waals surface area contributed by atoms with E-state index in [-0.39, 0.29) is 0 Å². The van der Waals surface area contributed by atoms with Crippen LogP contribution in [-0.4, -0.2) is 11.1 Å². The predicted molar refractivity (Wildman–Crippen MR) is 86.1 cm³/mol. The number of hydrogen-bond acceptors (Lipinski definition) is 4. The highest BCUT2D eigenvalue weighted by atomic mass is 79.9. The third-order valence-corrected chi connectivity index (χ3v) is 4.52. The Hall–Kier alpha value is -1.40. The molecule has 6 heteroatoms. The molecular formula is C15H12BrClN2O2. The average Bonchev–Trinajstić information content (AvgIpc) is 2.49. The summed E-state index contributed by atoms with van der Waals surface area (Å²) in [6.45, 7) is 2.00. The Morgan fingerprint density at radius 2 is 2.14 bits per heavy atom. The zero-order chi connectivity index (χ0) is 15.0. The third-order valence-electron chi connectivity index (χ3n) is 3.33. The molecule has 108 valence electrons. The van der Waals surface area contributed by atoms with Crippen molar-refractivity contribution >= 4 is 39.1 Å². The van der Waals surface area contributed by atoms with Crippen molar-refractivity contribution in [3.8, 4) is 0 Å². The van der Waals surface area contributed by atoms with Gasteiger partial charge in [0.1, 0.15) is 5.84 Å². The highest BCUT2D eigenvalue weighted by Gasteiger charge is 2.25. The first kappa shape index (κ1) is 14.5. The van der Waals surface area contributed by atoms with Crippen molar-refractivity contribution in [1.29, 1.82) is 0 Å². The maximum absolute atomic E-state index is 9.12. The van der Waals surface area contributed by atoms with Gasteiger partial charge in [-0.3, -0.25) is 0 Å². The number of aryl methyl sites for hydroxylation is 1. The number of fused-ring (bicyclic) bond motifs is 1. The van der Waals surface area contributed by atoms with Gasteiger partial charge in [0.2, 0.25) is 0 Å². The maximum Gasteiger partial charge on any atom is 0.191 e. The minimum atomic E-state index is -0.699. The van der Waals surface area contributed by atoms with Gasteiger partial charge in [-0.15, -0.1) is 0 Å². The molecule has 1 unspecified atom stereocenters. The number of nitrogens with zero attached hydrogens (tertiary/aromatic N) is 1. The van der Waals surface area contributed by atoms with Gasteiger partial charge in [-0.2, -0.15) is 0 Å². The van der Waals surface area contributed by atoms with Crippen molar-refractivity contribution in [1.82, 2.24) is 5.32 Å². The van der Waals surface area contributed by atoms with Crippen LogP contribution in [0.5, 0.6) is 0 Å². The number of benzene rings is 2. The first-order chi connectivity index (χ1) is 10.1. The summed E-state index contributed by atoms with van der Waals surface area (Å²) < 4.78 is 1.02. The van der Waals surface area contributed by atoms with E-state index in [9.17, 15) is 0 Å². The number of halogens is 2. The Bertz CT molecular complexity index is 734. The summed E-state index contributed by atoms with van der Waals surface area (Å²) in [6.07, 6.45) is -0.699. The molecule has 0 fully saturated rings. The van der Waals surface area contributed by atoms with Crippen molar-refractivity contribution in [2.75, 3.05) is 0 Å². The summed E-state index contributed by atoms with van der Waals surface area (Å²) in [7, 11) is 0. The molecule has 1 atom stereocenters. The summed E-state index contributed by atoms with van der Waals surface area (Å²) in [6, 6.07) is 11.2. The van der Waals surface area contributed by atoms with E-state index in [0.29, 0.717) is 22.1 Å². The van der Waals surface area contributed by atoms with E-state index in [4.69, 9.17) is 16.9 Å². The van der Waals surface area contributed by atoms with Crippen LogP contribution in [0.1, 0.15) is 22.9 Å². The van der Waals surface area contributed by atoms with Crippen LogP contribution in [0.15, 0.2) is 45.9 Å². The SMILES string of the molecule is Cc1cc(C2=Nc3c(Cl)cccc3C(OO)N2)ccc1Br. The zero-order valence-electron chi connectivity index (χ0n) is 11.1. The predicted octanol–water partition coefficient (Wildman–Crippen LogP) is 4.58. The smallest absolute Gasteiger partial charge is 0.191 e. The largest absolute Gasteiger partial charge is 0.338 e. The average molecular weight is 368 g/mol. The van der Waals surface area contributed by atoms with E-state index < -0.39 is 6.23 Å². The molecule has 0 aromatic heterocycles. The Morgan fingerprint density at radius 1 is 1.33 bits per heavy atom. The number of amidine groups is 1. The Balaban J connectivity index is 2.12. The third kappa shape index (κ3) is 2.70. The standard InChI is InChI=1S/C15H12BrClN2O2/c1-8-7-9(5-6-11(8)16)14-18-13-10(15(19-14)21-20)3-2-4-12(13)17/h2-7,15,20H,1H3,(H,18,19). The quantitative estimate of drug-likeness (QED) is 0.603. The van der Waals surface area contributed by atoms with Gasteiger partial charge in [-0.05, 0) is 30.7 Å². The molecule has 1 aliphatic rings. The van der Waals surface area contributed by atoms with E-state index in [1.807, 2.05) is 31.2 Å². The minimum Gasteiger partial charge on any atom is -0.338 e. The van der Waals surface area contributed by atoms with Crippen LogP contribution in [0.2, 0.25) is 5.02 Å². The molecule has 0 aliphatic carbocycles. The minimum absolute atomic E-state index is 0.516.